The molecule has 0 saturated heterocycles. The van der Waals surface area contributed by atoms with Crippen molar-refractivity contribution in [2.45, 2.75) is 0 Å². The maximum Gasteiger partial charge on any atom is 0.275 e. The number of ether oxygens (including phenoxy) is 1. The van der Waals surface area contributed by atoms with Gasteiger partial charge in [0, 0.05) is 13.1 Å². The number of methoxy groups -OCH3 is 1. The van der Waals surface area contributed by atoms with Crippen molar-refractivity contribution in [2.75, 3.05) is 12.4 Å². The first-order valence-corrected chi connectivity index (χ1v) is 6.83. The van der Waals surface area contributed by atoms with E-state index in [4.69, 9.17) is 4.74 Å². The summed E-state index contributed by atoms with van der Waals surface area (Å²) in [5, 5.41) is 17.4. The monoisotopic (exact) mass is 402 g/mol. The number of hydrogen-bond donors (Lipinski definition) is 1. The summed E-state index contributed by atoms with van der Waals surface area (Å²) in [4.78, 5) is 22.4. The minimum absolute atomic E-state index is 0.111. The number of nitrogens with zero attached hydrogens (tertiary/aromatic N) is 3. The molecule has 0 fully saturated rings. The number of carbonyl (C=O) groups excluding carboxylic acids is 1. The number of non-ortho nitro benzene ring substituents is 1. The van der Waals surface area contributed by atoms with E-state index in [1.54, 1.807) is 13.2 Å². The second kappa shape index (κ2) is 6.08. The van der Waals surface area contributed by atoms with E-state index in [2.05, 4.69) is 10.4 Å². The van der Waals surface area contributed by atoms with Crippen LogP contribution in [0.2, 0.25) is 0 Å². The van der Waals surface area contributed by atoms with Crippen LogP contribution in [0, 0.1) is 13.7 Å². The minimum atomic E-state index is -0.530. The van der Waals surface area contributed by atoms with Crippen LogP contribution in [0.25, 0.3) is 0 Å². The first-order chi connectivity index (χ1) is 9.93. The topological polar surface area (TPSA) is 99.3 Å². The zero-order chi connectivity index (χ0) is 15.6. The molecule has 0 aliphatic carbocycles. The number of nitro groups is 1. The molecule has 0 radical (unpaired) electrons. The van der Waals surface area contributed by atoms with Crippen LogP contribution in [-0.2, 0) is 7.05 Å². The van der Waals surface area contributed by atoms with Crippen LogP contribution in [-0.4, -0.2) is 27.7 Å². The Morgan fingerprint density at radius 2 is 2.24 bits per heavy atom. The maximum absolute atomic E-state index is 12.2. The molecule has 0 spiro atoms. The van der Waals surface area contributed by atoms with Gasteiger partial charge >= 0.3 is 0 Å². The Morgan fingerprint density at radius 3 is 2.76 bits per heavy atom. The van der Waals surface area contributed by atoms with Gasteiger partial charge in [-0.3, -0.25) is 19.6 Å². The SMILES string of the molecule is COc1cc([N+](=O)[O-])ccc1NC(=O)c1c(I)cnn1C. The van der Waals surface area contributed by atoms with Crippen LogP contribution < -0.4 is 10.1 Å². The molecule has 8 nitrogen and oxygen atoms in total. The highest BCUT2D eigenvalue weighted by Gasteiger charge is 2.18. The third-order valence-corrected chi connectivity index (χ3v) is 3.54. The number of anilines is 1. The van der Waals surface area contributed by atoms with E-state index in [1.165, 1.54) is 30.0 Å². The molecule has 2 rings (SSSR count). The number of nitro benzene ring substituents is 1. The number of halogens is 1. The van der Waals surface area contributed by atoms with Crippen molar-refractivity contribution in [1.82, 2.24) is 9.78 Å². The molecule has 1 aromatic heterocycles. The molecule has 1 N–H and O–H groups in total. The molecular weight excluding hydrogens is 391 g/mol. The van der Waals surface area contributed by atoms with Gasteiger partial charge in [0.05, 0.1) is 33.6 Å². The van der Waals surface area contributed by atoms with Crippen molar-refractivity contribution >= 4 is 39.9 Å². The average molecular weight is 402 g/mol. The number of nitrogens with one attached hydrogen (secondary N) is 1. The largest absolute Gasteiger partial charge is 0.494 e. The summed E-state index contributed by atoms with van der Waals surface area (Å²) in [6.07, 6.45) is 1.57. The van der Waals surface area contributed by atoms with Crippen LogP contribution in [0.4, 0.5) is 11.4 Å². The van der Waals surface area contributed by atoms with E-state index in [9.17, 15) is 14.9 Å². The van der Waals surface area contributed by atoms with Gasteiger partial charge in [-0.05, 0) is 28.7 Å². The summed E-state index contributed by atoms with van der Waals surface area (Å²) in [5.41, 5.74) is 0.640. The lowest BCUT2D eigenvalue weighted by Crippen LogP contribution is -2.17. The highest BCUT2D eigenvalue weighted by Crippen LogP contribution is 2.29. The molecule has 0 saturated carbocycles. The Balaban J connectivity index is 2.31. The fourth-order valence-electron chi connectivity index (χ4n) is 1.74. The van der Waals surface area contributed by atoms with Gasteiger partial charge in [0.2, 0.25) is 0 Å². The number of aromatic nitrogens is 2. The van der Waals surface area contributed by atoms with Gasteiger partial charge in [-0.25, -0.2) is 0 Å². The standard InChI is InChI=1S/C12H11IN4O4/c1-16-11(8(13)6-14-16)12(18)15-9-4-3-7(17(19)20)5-10(9)21-2/h3-6H,1-2H3,(H,15,18). The molecule has 110 valence electrons. The summed E-state index contributed by atoms with van der Waals surface area (Å²) >= 11 is 2.01. The second-order valence-corrected chi connectivity index (χ2v) is 5.22. The fourth-order valence-corrected chi connectivity index (χ4v) is 2.46. The van der Waals surface area contributed by atoms with Crippen LogP contribution in [0.15, 0.2) is 24.4 Å². The van der Waals surface area contributed by atoms with Crippen LogP contribution >= 0.6 is 22.6 Å². The molecule has 0 aliphatic rings. The van der Waals surface area contributed by atoms with Crippen molar-refractivity contribution in [3.8, 4) is 5.75 Å². The normalized spacial score (nSPS) is 10.2. The average Bonchev–Trinajstić information content (AvgIpc) is 2.78. The zero-order valence-corrected chi connectivity index (χ0v) is 13.3. The van der Waals surface area contributed by atoms with Crippen LogP contribution in [0.3, 0.4) is 0 Å². The molecule has 21 heavy (non-hydrogen) atoms. The van der Waals surface area contributed by atoms with E-state index in [1.807, 2.05) is 22.6 Å². The first kappa shape index (κ1) is 15.2. The van der Waals surface area contributed by atoms with Gasteiger partial charge in [-0.2, -0.15) is 5.10 Å². The number of aryl methyl sites for hydroxylation is 1. The van der Waals surface area contributed by atoms with Gasteiger partial charge in [0.25, 0.3) is 11.6 Å². The summed E-state index contributed by atoms with van der Waals surface area (Å²) in [6, 6.07) is 3.98. The van der Waals surface area contributed by atoms with Crippen LogP contribution in [0.1, 0.15) is 10.5 Å². The van der Waals surface area contributed by atoms with Gasteiger partial charge < -0.3 is 10.1 Å². The molecule has 1 heterocycles. The number of rotatable bonds is 4. The van der Waals surface area contributed by atoms with E-state index in [0.29, 0.717) is 15.0 Å². The molecule has 0 aliphatic heterocycles. The quantitative estimate of drug-likeness (QED) is 0.480. The second-order valence-electron chi connectivity index (χ2n) is 4.06. The van der Waals surface area contributed by atoms with Gasteiger partial charge in [-0.1, -0.05) is 0 Å². The fraction of sp³-hybridized carbons (Fsp3) is 0.167. The van der Waals surface area contributed by atoms with Crippen molar-refractivity contribution in [3.63, 3.8) is 0 Å². The lowest BCUT2D eigenvalue weighted by atomic mass is 10.2. The highest BCUT2D eigenvalue weighted by molar-refractivity contribution is 14.1. The summed E-state index contributed by atoms with van der Waals surface area (Å²) < 4.78 is 7.23. The molecule has 2 aromatic rings. The van der Waals surface area contributed by atoms with E-state index < -0.39 is 4.92 Å². The number of benzene rings is 1. The minimum Gasteiger partial charge on any atom is -0.494 e. The van der Waals surface area contributed by atoms with Crippen LogP contribution in [0.5, 0.6) is 5.75 Å². The summed E-state index contributed by atoms with van der Waals surface area (Å²) in [6.45, 7) is 0. The van der Waals surface area contributed by atoms with Gasteiger partial charge in [-0.15, -0.1) is 0 Å². The van der Waals surface area contributed by atoms with E-state index in [-0.39, 0.29) is 17.3 Å². The lowest BCUT2D eigenvalue weighted by Gasteiger charge is -2.10. The molecule has 1 aromatic carbocycles. The Bertz CT molecular complexity index is 694. The van der Waals surface area contributed by atoms with Crippen molar-refractivity contribution in [1.29, 1.82) is 0 Å². The maximum atomic E-state index is 12.2. The Morgan fingerprint density at radius 1 is 1.52 bits per heavy atom. The van der Waals surface area contributed by atoms with E-state index >= 15 is 0 Å². The Labute approximate surface area is 133 Å². The number of carbonyl (C=O) groups is 1. The number of amides is 1. The van der Waals surface area contributed by atoms with Crippen molar-refractivity contribution in [3.05, 3.63) is 43.8 Å². The zero-order valence-electron chi connectivity index (χ0n) is 11.2. The van der Waals surface area contributed by atoms with Crippen molar-refractivity contribution in [2.24, 2.45) is 7.05 Å². The van der Waals surface area contributed by atoms with Gasteiger partial charge in [0.1, 0.15) is 11.4 Å². The van der Waals surface area contributed by atoms with E-state index in [0.717, 1.165) is 0 Å². The third kappa shape index (κ3) is 3.12. The molecule has 0 bridgehead atoms. The number of hydrogen-bond acceptors (Lipinski definition) is 5. The Kier molecular flexibility index (Phi) is 4.40. The lowest BCUT2D eigenvalue weighted by molar-refractivity contribution is -0.384. The first-order valence-electron chi connectivity index (χ1n) is 5.75. The molecule has 0 unspecified atom stereocenters. The smallest absolute Gasteiger partial charge is 0.275 e. The third-order valence-electron chi connectivity index (χ3n) is 2.75. The molecule has 0 atom stereocenters. The highest BCUT2D eigenvalue weighted by atomic mass is 127. The summed E-state index contributed by atoms with van der Waals surface area (Å²) in [7, 11) is 3.03. The van der Waals surface area contributed by atoms with Crippen molar-refractivity contribution < 1.29 is 14.5 Å². The summed E-state index contributed by atoms with van der Waals surface area (Å²) in [5.74, 6) is -0.152. The Hall–Kier alpha value is -2.17. The molecule has 1 amide bonds. The molecule has 9 heteroatoms. The predicted molar refractivity (Wildman–Crippen MR) is 83.5 cm³/mol. The van der Waals surface area contributed by atoms with Gasteiger partial charge in [0.15, 0.2) is 0 Å². The molecular formula is C12H11IN4O4. The predicted octanol–water partition coefficient (Wildman–Crippen LogP) is 2.19.